The van der Waals surface area contributed by atoms with Gasteiger partial charge in [0, 0.05) is 13.0 Å². The van der Waals surface area contributed by atoms with Crippen LogP contribution in [0.4, 0.5) is 4.39 Å². The molecule has 0 spiro atoms. The lowest BCUT2D eigenvalue weighted by atomic mass is 10.2. The summed E-state index contributed by atoms with van der Waals surface area (Å²) in [6.07, 6.45) is 0.530. The highest BCUT2D eigenvalue weighted by atomic mass is 32.1. The van der Waals surface area contributed by atoms with Crippen LogP contribution in [0.5, 0.6) is 0 Å². The van der Waals surface area contributed by atoms with Crippen molar-refractivity contribution in [3.05, 3.63) is 35.6 Å². The number of carbonyl (C=O) groups is 1. The second-order valence-electron chi connectivity index (χ2n) is 4.49. The Morgan fingerprint density at radius 2 is 2.16 bits per heavy atom. The molecule has 1 saturated heterocycles. The van der Waals surface area contributed by atoms with Gasteiger partial charge in [0.25, 0.3) is 0 Å². The van der Waals surface area contributed by atoms with Crippen molar-refractivity contribution >= 4 is 23.3 Å². The summed E-state index contributed by atoms with van der Waals surface area (Å²) in [6.45, 7) is 2.32. The molecule has 1 aliphatic rings. The van der Waals surface area contributed by atoms with E-state index in [-0.39, 0.29) is 23.9 Å². The van der Waals surface area contributed by atoms with Crippen molar-refractivity contribution in [2.75, 3.05) is 0 Å². The minimum absolute atomic E-state index is 0.0788. The fraction of sp³-hybridized carbons (Fsp3) is 0.385. The first-order valence-corrected chi connectivity index (χ1v) is 6.44. The molecule has 2 N–H and O–H groups in total. The van der Waals surface area contributed by atoms with Crippen molar-refractivity contribution in [3.63, 3.8) is 0 Å². The molecule has 1 heterocycles. The summed E-state index contributed by atoms with van der Waals surface area (Å²) >= 11 is 5.10. The van der Waals surface area contributed by atoms with E-state index >= 15 is 0 Å². The monoisotopic (exact) mass is 282 g/mol. The van der Waals surface area contributed by atoms with Crippen LogP contribution in [0.1, 0.15) is 18.9 Å². The molecule has 0 saturated carbocycles. The van der Waals surface area contributed by atoms with Crippen molar-refractivity contribution in [3.8, 4) is 0 Å². The summed E-state index contributed by atoms with van der Waals surface area (Å²) in [4.78, 5) is 11.4. The van der Waals surface area contributed by atoms with E-state index in [1.165, 1.54) is 12.1 Å². The maximum Gasteiger partial charge on any atom is 0.329 e. The third-order valence-corrected chi connectivity index (χ3v) is 3.10. The molecule has 0 radical (unpaired) electrons. The van der Waals surface area contributed by atoms with E-state index < -0.39 is 0 Å². The third kappa shape index (κ3) is 3.89. The SMILES string of the molecule is C[C@H]1C[C@H](NC(=S)NCc2ccc(F)cc2)C(=O)O1. The van der Waals surface area contributed by atoms with Gasteiger partial charge < -0.3 is 15.4 Å². The van der Waals surface area contributed by atoms with Gasteiger partial charge >= 0.3 is 5.97 Å². The standard InChI is InChI=1S/C13H15FN2O2S/c1-8-6-11(12(17)18-8)16-13(19)15-7-9-2-4-10(14)5-3-9/h2-5,8,11H,6-7H2,1H3,(H2,15,16,19)/t8-,11-/m0/s1. The summed E-state index contributed by atoms with van der Waals surface area (Å²) < 4.78 is 17.7. The molecule has 0 unspecified atom stereocenters. The van der Waals surface area contributed by atoms with Crippen molar-refractivity contribution in [1.29, 1.82) is 0 Å². The number of halogens is 1. The zero-order chi connectivity index (χ0) is 13.8. The summed E-state index contributed by atoms with van der Waals surface area (Å²) in [7, 11) is 0. The number of esters is 1. The Labute approximate surface area is 116 Å². The molecule has 2 rings (SSSR count). The highest BCUT2D eigenvalue weighted by Crippen LogP contribution is 2.13. The number of cyclic esters (lactones) is 1. The average Bonchev–Trinajstić information content (AvgIpc) is 2.67. The van der Waals surface area contributed by atoms with Crippen molar-refractivity contribution in [2.45, 2.75) is 32.0 Å². The highest BCUT2D eigenvalue weighted by molar-refractivity contribution is 7.80. The normalized spacial score (nSPS) is 21.9. The molecule has 1 aliphatic heterocycles. The summed E-state index contributed by atoms with van der Waals surface area (Å²) in [5, 5.41) is 6.27. The number of rotatable bonds is 3. The Balaban J connectivity index is 1.79. The number of ether oxygens (including phenoxy) is 1. The van der Waals surface area contributed by atoms with Gasteiger partial charge in [0.2, 0.25) is 0 Å². The van der Waals surface area contributed by atoms with Crippen molar-refractivity contribution in [2.24, 2.45) is 0 Å². The summed E-state index contributed by atoms with van der Waals surface area (Å²) in [5.41, 5.74) is 0.910. The minimum atomic E-state index is -0.386. The lowest BCUT2D eigenvalue weighted by Crippen LogP contribution is -2.43. The van der Waals surface area contributed by atoms with Gasteiger partial charge in [-0.3, -0.25) is 0 Å². The number of carbonyl (C=O) groups excluding carboxylic acids is 1. The molecule has 1 aromatic carbocycles. The van der Waals surface area contributed by atoms with Gasteiger partial charge in [-0.1, -0.05) is 12.1 Å². The molecule has 2 atom stereocenters. The van der Waals surface area contributed by atoms with Gasteiger partial charge in [-0.15, -0.1) is 0 Å². The van der Waals surface area contributed by atoms with E-state index in [0.717, 1.165) is 5.56 Å². The first kappa shape index (κ1) is 13.7. The second kappa shape index (κ2) is 5.97. The van der Waals surface area contributed by atoms with E-state index in [1.807, 2.05) is 6.92 Å². The zero-order valence-corrected chi connectivity index (χ0v) is 11.3. The van der Waals surface area contributed by atoms with Crippen molar-refractivity contribution in [1.82, 2.24) is 10.6 Å². The van der Waals surface area contributed by atoms with Crippen LogP contribution in [-0.4, -0.2) is 23.2 Å². The van der Waals surface area contributed by atoms with Gasteiger partial charge in [0.15, 0.2) is 5.11 Å². The molecule has 19 heavy (non-hydrogen) atoms. The highest BCUT2D eigenvalue weighted by Gasteiger charge is 2.32. The average molecular weight is 282 g/mol. The molecule has 4 nitrogen and oxygen atoms in total. The largest absolute Gasteiger partial charge is 0.461 e. The molecule has 0 aromatic heterocycles. The first-order valence-electron chi connectivity index (χ1n) is 6.04. The van der Waals surface area contributed by atoms with Gasteiger partial charge in [0.1, 0.15) is 18.0 Å². The lowest BCUT2D eigenvalue weighted by molar-refractivity contribution is -0.142. The predicted molar refractivity (Wildman–Crippen MR) is 72.9 cm³/mol. The predicted octanol–water partition coefficient (Wildman–Crippen LogP) is 1.49. The first-order chi connectivity index (χ1) is 9.04. The molecule has 102 valence electrons. The summed E-state index contributed by atoms with van der Waals surface area (Å²) in [6, 6.07) is 5.75. The van der Waals surface area contributed by atoms with Crippen LogP contribution >= 0.6 is 12.2 Å². The third-order valence-electron chi connectivity index (χ3n) is 2.84. The maximum atomic E-state index is 12.7. The van der Waals surface area contributed by atoms with Crippen LogP contribution < -0.4 is 10.6 Å². The molecular formula is C13H15FN2O2S. The van der Waals surface area contributed by atoms with Crippen LogP contribution in [0, 0.1) is 5.82 Å². The molecule has 0 amide bonds. The smallest absolute Gasteiger partial charge is 0.329 e. The van der Waals surface area contributed by atoms with E-state index in [9.17, 15) is 9.18 Å². The zero-order valence-electron chi connectivity index (χ0n) is 10.5. The van der Waals surface area contributed by atoms with Crippen LogP contribution in [0.25, 0.3) is 0 Å². The van der Waals surface area contributed by atoms with Crippen LogP contribution in [0.15, 0.2) is 24.3 Å². The van der Waals surface area contributed by atoms with E-state index in [4.69, 9.17) is 17.0 Å². The number of hydrogen-bond donors (Lipinski definition) is 2. The second-order valence-corrected chi connectivity index (χ2v) is 4.90. The van der Waals surface area contributed by atoms with Gasteiger partial charge in [-0.05, 0) is 36.8 Å². The van der Waals surface area contributed by atoms with Crippen LogP contribution in [0.2, 0.25) is 0 Å². The Kier molecular flexibility index (Phi) is 4.31. The van der Waals surface area contributed by atoms with E-state index in [1.54, 1.807) is 12.1 Å². The van der Waals surface area contributed by atoms with E-state index in [2.05, 4.69) is 10.6 Å². The molecule has 1 aromatic rings. The van der Waals surface area contributed by atoms with Crippen LogP contribution in [-0.2, 0) is 16.1 Å². The Bertz CT molecular complexity index is 478. The van der Waals surface area contributed by atoms with E-state index in [0.29, 0.717) is 18.1 Å². The topological polar surface area (TPSA) is 50.4 Å². The van der Waals surface area contributed by atoms with Gasteiger partial charge in [0.05, 0.1) is 0 Å². The molecule has 6 heteroatoms. The fourth-order valence-corrected chi connectivity index (χ4v) is 2.08. The Morgan fingerprint density at radius 1 is 1.47 bits per heavy atom. The summed E-state index contributed by atoms with van der Waals surface area (Å²) in [5.74, 6) is -0.550. The Morgan fingerprint density at radius 3 is 2.74 bits per heavy atom. The van der Waals surface area contributed by atoms with Crippen molar-refractivity contribution < 1.29 is 13.9 Å². The fourth-order valence-electron chi connectivity index (χ4n) is 1.87. The van der Waals surface area contributed by atoms with Gasteiger partial charge in [-0.2, -0.15) is 0 Å². The molecule has 0 bridgehead atoms. The number of hydrogen-bond acceptors (Lipinski definition) is 3. The number of nitrogens with one attached hydrogen (secondary N) is 2. The Hall–Kier alpha value is -1.69. The number of benzene rings is 1. The van der Waals surface area contributed by atoms with Gasteiger partial charge in [-0.25, -0.2) is 9.18 Å². The molecular weight excluding hydrogens is 267 g/mol. The quantitative estimate of drug-likeness (QED) is 0.650. The molecule has 1 fully saturated rings. The lowest BCUT2D eigenvalue weighted by Gasteiger charge is -2.13. The van der Waals surface area contributed by atoms with Crippen LogP contribution in [0.3, 0.4) is 0 Å². The maximum absolute atomic E-state index is 12.7. The minimum Gasteiger partial charge on any atom is -0.461 e. The molecule has 0 aliphatic carbocycles. The number of thiocarbonyl (C=S) groups is 1.